The van der Waals surface area contributed by atoms with E-state index in [1.807, 2.05) is 6.07 Å². The maximum Gasteiger partial charge on any atom is 0.251 e. The van der Waals surface area contributed by atoms with E-state index >= 15 is 0 Å². The van der Waals surface area contributed by atoms with Gasteiger partial charge in [-0.15, -0.1) is 16.4 Å². The molecule has 2 aromatic heterocycles. The molecule has 8 heteroatoms. The number of rotatable bonds is 8. The first-order valence-corrected chi connectivity index (χ1v) is 8.85. The Morgan fingerprint density at radius 1 is 1.32 bits per heavy atom. The summed E-state index contributed by atoms with van der Waals surface area (Å²) in [5, 5.41) is 16.2. The molecule has 0 spiro atoms. The first-order valence-electron chi connectivity index (χ1n) is 7.97. The van der Waals surface area contributed by atoms with Gasteiger partial charge in [-0.2, -0.15) is 0 Å². The lowest BCUT2D eigenvalue weighted by atomic mass is 10.2. The maximum atomic E-state index is 12.2. The van der Waals surface area contributed by atoms with Crippen LogP contribution < -0.4 is 10.1 Å². The molecule has 0 aliphatic heterocycles. The predicted molar refractivity (Wildman–Crippen MR) is 94.5 cm³/mol. The third-order valence-electron chi connectivity index (χ3n) is 3.64. The van der Waals surface area contributed by atoms with E-state index in [2.05, 4.69) is 32.3 Å². The van der Waals surface area contributed by atoms with Crippen molar-refractivity contribution < 1.29 is 9.53 Å². The van der Waals surface area contributed by atoms with Crippen molar-refractivity contribution in [3.05, 3.63) is 58.0 Å². The van der Waals surface area contributed by atoms with E-state index in [1.54, 1.807) is 47.3 Å². The van der Waals surface area contributed by atoms with Gasteiger partial charge in [0, 0.05) is 24.0 Å². The molecule has 0 atom stereocenters. The van der Waals surface area contributed by atoms with E-state index in [1.165, 1.54) is 4.88 Å². The van der Waals surface area contributed by atoms with Gasteiger partial charge < -0.3 is 10.1 Å². The molecule has 0 radical (unpaired) electrons. The Hall–Kier alpha value is -2.74. The fraction of sp³-hybridized carbons (Fsp3) is 0.294. The molecule has 0 saturated carbocycles. The SMILES string of the molecule is Cn1nnnc1COc1cccc(C(=O)NCCCc2cccs2)c1. The summed E-state index contributed by atoms with van der Waals surface area (Å²) in [4.78, 5) is 13.6. The standard InChI is InChI=1S/C17H19N5O2S/c1-22-16(19-20-21-22)12-24-14-6-2-5-13(11-14)17(23)18-9-3-7-15-8-4-10-25-15/h2,4-6,8,10-11H,3,7,9,12H2,1H3,(H,18,23). The van der Waals surface area contributed by atoms with Gasteiger partial charge >= 0.3 is 0 Å². The zero-order valence-electron chi connectivity index (χ0n) is 13.9. The zero-order chi connectivity index (χ0) is 17.5. The number of nitrogens with one attached hydrogen (secondary N) is 1. The number of tetrazole rings is 1. The molecule has 0 fully saturated rings. The van der Waals surface area contributed by atoms with E-state index in [4.69, 9.17) is 4.74 Å². The lowest BCUT2D eigenvalue weighted by Gasteiger charge is -2.08. The number of carbonyl (C=O) groups excluding carboxylic acids is 1. The quantitative estimate of drug-likeness (QED) is 0.625. The van der Waals surface area contributed by atoms with Gasteiger partial charge in [-0.1, -0.05) is 12.1 Å². The third kappa shape index (κ3) is 4.87. The Labute approximate surface area is 149 Å². The van der Waals surface area contributed by atoms with E-state index < -0.39 is 0 Å². The number of hydrogen-bond donors (Lipinski definition) is 1. The number of ether oxygens (including phenoxy) is 1. The lowest BCUT2D eigenvalue weighted by Crippen LogP contribution is -2.24. The molecule has 1 N–H and O–H groups in total. The molecule has 2 heterocycles. The van der Waals surface area contributed by atoms with Crippen molar-refractivity contribution in [1.82, 2.24) is 25.5 Å². The van der Waals surface area contributed by atoms with Gasteiger partial charge in [-0.05, 0) is 52.9 Å². The Kier molecular flexibility index (Phi) is 5.73. The second kappa shape index (κ2) is 8.39. The van der Waals surface area contributed by atoms with Crippen molar-refractivity contribution in [2.24, 2.45) is 7.05 Å². The largest absolute Gasteiger partial charge is 0.486 e. The van der Waals surface area contributed by atoms with Gasteiger partial charge in [-0.25, -0.2) is 4.68 Å². The van der Waals surface area contributed by atoms with Crippen molar-refractivity contribution >= 4 is 17.2 Å². The number of aromatic nitrogens is 4. The van der Waals surface area contributed by atoms with Crippen LogP contribution in [0.4, 0.5) is 0 Å². The molecule has 3 rings (SSSR count). The molecule has 1 amide bonds. The first-order chi connectivity index (χ1) is 12.2. The van der Waals surface area contributed by atoms with Crippen molar-refractivity contribution in [1.29, 1.82) is 0 Å². The topological polar surface area (TPSA) is 81.9 Å². The Balaban J connectivity index is 1.48. The van der Waals surface area contributed by atoms with E-state index in [9.17, 15) is 4.79 Å². The molecular formula is C17H19N5O2S. The number of nitrogens with zero attached hydrogens (tertiary/aromatic N) is 4. The molecule has 1 aromatic carbocycles. The molecule has 130 valence electrons. The van der Waals surface area contributed by atoms with Crippen LogP contribution in [0.25, 0.3) is 0 Å². The third-order valence-corrected chi connectivity index (χ3v) is 4.57. The fourth-order valence-corrected chi connectivity index (χ4v) is 3.02. The van der Waals surface area contributed by atoms with Gasteiger partial charge in [0.2, 0.25) is 0 Å². The number of thiophene rings is 1. The highest BCUT2D eigenvalue weighted by atomic mass is 32.1. The van der Waals surface area contributed by atoms with Gasteiger partial charge in [-0.3, -0.25) is 4.79 Å². The summed E-state index contributed by atoms with van der Waals surface area (Å²) in [5.74, 6) is 1.12. The highest BCUT2D eigenvalue weighted by Gasteiger charge is 2.08. The van der Waals surface area contributed by atoms with E-state index in [0.29, 0.717) is 23.7 Å². The molecule has 25 heavy (non-hydrogen) atoms. The van der Waals surface area contributed by atoms with Gasteiger partial charge in [0.15, 0.2) is 5.82 Å². The van der Waals surface area contributed by atoms with E-state index in [0.717, 1.165) is 12.8 Å². The van der Waals surface area contributed by atoms with Crippen LogP contribution in [0.1, 0.15) is 27.5 Å². The second-order valence-corrected chi connectivity index (χ2v) is 6.51. The minimum Gasteiger partial charge on any atom is -0.486 e. The smallest absolute Gasteiger partial charge is 0.251 e. The zero-order valence-corrected chi connectivity index (χ0v) is 14.7. The number of aryl methyl sites for hydroxylation is 2. The van der Waals surface area contributed by atoms with Crippen molar-refractivity contribution in [3.63, 3.8) is 0 Å². The van der Waals surface area contributed by atoms with Crippen LogP contribution in [0.5, 0.6) is 5.75 Å². The Morgan fingerprint density at radius 2 is 2.24 bits per heavy atom. The summed E-state index contributed by atoms with van der Waals surface area (Å²) in [6.07, 6.45) is 1.90. The minimum absolute atomic E-state index is 0.100. The van der Waals surface area contributed by atoms with Crippen LogP contribution in [0.2, 0.25) is 0 Å². The summed E-state index contributed by atoms with van der Waals surface area (Å²) < 4.78 is 7.20. The molecule has 3 aromatic rings. The van der Waals surface area contributed by atoms with Crippen molar-refractivity contribution in [2.45, 2.75) is 19.4 Å². The van der Waals surface area contributed by atoms with Crippen LogP contribution in [0.15, 0.2) is 41.8 Å². The monoisotopic (exact) mass is 357 g/mol. The highest BCUT2D eigenvalue weighted by Crippen LogP contribution is 2.15. The Bertz CT molecular complexity index is 816. The predicted octanol–water partition coefficient (Wildman–Crippen LogP) is 2.21. The summed E-state index contributed by atoms with van der Waals surface area (Å²) in [5.41, 5.74) is 0.574. The summed E-state index contributed by atoms with van der Waals surface area (Å²) in [6.45, 7) is 0.891. The maximum absolute atomic E-state index is 12.2. The molecular weight excluding hydrogens is 338 g/mol. The van der Waals surface area contributed by atoms with Gasteiger partial charge in [0.25, 0.3) is 5.91 Å². The normalized spacial score (nSPS) is 10.6. The van der Waals surface area contributed by atoms with Crippen molar-refractivity contribution in [2.75, 3.05) is 6.54 Å². The van der Waals surface area contributed by atoms with Crippen LogP contribution in [0.3, 0.4) is 0 Å². The molecule has 0 aliphatic rings. The number of benzene rings is 1. The van der Waals surface area contributed by atoms with Gasteiger partial charge in [0.05, 0.1) is 0 Å². The van der Waals surface area contributed by atoms with Crippen LogP contribution in [0, 0.1) is 0 Å². The summed E-state index contributed by atoms with van der Waals surface area (Å²) in [6, 6.07) is 11.2. The molecule has 0 bridgehead atoms. The summed E-state index contributed by atoms with van der Waals surface area (Å²) >= 11 is 1.74. The number of hydrogen-bond acceptors (Lipinski definition) is 6. The van der Waals surface area contributed by atoms with Crippen molar-refractivity contribution in [3.8, 4) is 5.75 Å². The average molecular weight is 357 g/mol. The molecule has 0 saturated heterocycles. The highest BCUT2D eigenvalue weighted by molar-refractivity contribution is 7.09. The molecule has 0 aliphatic carbocycles. The summed E-state index contributed by atoms with van der Waals surface area (Å²) in [7, 11) is 1.75. The average Bonchev–Trinajstić information content (AvgIpc) is 3.28. The molecule has 7 nitrogen and oxygen atoms in total. The van der Waals surface area contributed by atoms with Crippen LogP contribution in [-0.4, -0.2) is 32.7 Å². The number of carbonyl (C=O) groups is 1. The minimum atomic E-state index is -0.100. The Morgan fingerprint density at radius 3 is 3.00 bits per heavy atom. The lowest BCUT2D eigenvalue weighted by molar-refractivity contribution is 0.0952. The fourth-order valence-electron chi connectivity index (χ4n) is 2.27. The van der Waals surface area contributed by atoms with E-state index in [-0.39, 0.29) is 12.5 Å². The van der Waals surface area contributed by atoms with Crippen LogP contribution in [-0.2, 0) is 20.1 Å². The van der Waals surface area contributed by atoms with Gasteiger partial charge in [0.1, 0.15) is 12.4 Å². The van der Waals surface area contributed by atoms with Crippen LogP contribution >= 0.6 is 11.3 Å². The first kappa shape index (κ1) is 17.1. The second-order valence-electron chi connectivity index (χ2n) is 5.47. The molecule has 0 unspecified atom stereocenters. The number of amides is 1.